The molecule has 9 rings (SSSR count). The molecule has 0 amide bonds. The summed E-state index contributed by atoms with van der Waals surface area (Å²) in [5, 5.41) is 4.55. The molecule has 0 aliphatic carbocycles. The van der Waals surface area contributed by atoms with E-state index in [1.54, 1.807) is 27.7 Å². The van der Waals surface area contributed by atoms with E-state index in [0.29, 0.717) is 19.0 Å². The van der Waals surface area contributed by atoms with E-state index in [1.165, 1.54) is 44.5 Å². The van der Waals surface area contributed by atoms with Gasteiger partial charge in [0.15, 0.2) is 5.71 Å². The highest BCUT2D eigenvalue weighted by Crippen LogP contribution is 2.55. The molecule has 6 aromatic carbocycles. The van der Waals surface area contributed by atoms with Crippen LogP contribution in [0.4, 0.5) is 11.4 Å². The Kier molecular flexibility index (Phi) is 16.6. The fraction of sp³-hybridized carbons (Fsp3) is 0.315. The summed E-state index contributed by atoms with van der Waals surface area (Å²) in [7, 11) is 0.487. The lowest BCUT2D eigenvalue weighted by Crippen LogP contribution is -3.00. The van der Waals surface area contributed by atoms with Gasteiger partial charge in [0.1, 0.15) is 18.5 Å². The van der Waals surface area contributed by atoms with Gasteiger partial charge in [0, 0.05) is 41.6 Å². The van der Waals surface area contributed by atoms with E-state index in [-0.39, 0.29) is 36.5 Å². The molecule has 0 saturated carbocycles. The van der Waals surface area contributed by atoms with Crippen LogP contribution in [0.2, 0.25) is 0 Å². The number of phosphoric acid groups is 1. The van der Waals surface area contributed by atoms with Gasteiger partial charge >= 0.3 is 14.8 Å². The lowest BCUT2D eigenvalue weighted by molar-refractivity contribution is -0.401. The molecule has 1 spiro atoms. The Labute approximate surface area is 412 Å². The van der Waals surface area contributed by atoms with E-state index in [4.69, 9.17) is 18.3 Å². The summed E-state index contributed by atoms with van der Waals surface area (Å²) in [5.41, 5.74) is 7.41. The summed E-state index contributed by atoms with van der Waals surface area (Å²) in [6, 6.07) is 41.7. The number of para-hydroxylation sites is 2. The van der Waals surface area contributed by atoms with E-state index in [9.17, 15) is 9.13 Å². The second-order valence-electron chi connectivity index (χ2n) is 17.3. The first kappa shape index (κ1) is 52.6. The zero-order valence-electron chi connectivity index (χ0n) is 40.5. The molecule has 6 aromatic rings. The van der Waals surface area contributed by atoms with E-state index >= 15 is 0 Å². The highest BCUT2D eigenvalue weighted by Gasteiger charge is 2.57. The predicted octanol–water partition coefficient (Wildman–Crippen LogP) is 10.9. The normalized spacial score (nSPS) is 17.4. The quantitative estimate of drug-likeness (QED) is 0.0877. The van der Waals surface area contributed by atoms with E-state index < -0.39 is 20.5 Å². The van der Waals surface area contributed by atoms with Gasteiger partial charge in [0.25, 0.3) is 0 Å². The monoisotopic (exact) mass is 999 g/mol. The first-order chi connectivity index (χ1) is 32.0. The smallest absolute Gasteiger partial charge is 0.614 e. The third-order valence-corrected chi connectivity index (χ3v) is 16.0. The van der Waals surface area contributed by atoms with Gasteiger partial charge in [-0.15, -0.1) is 0 Å². The van der Waals surface area contributed by atoms with Gasteiger partial charge in [-0.2, -0.15) is 9.14 Å². The van der Waals surface area contributed by atoms with Crippen molar-refractivity contribution in [1.82, 2.24) is 0 Å². The number of phosphoric ester groups is 1. The summed E-state index contributed by atoms with van der Waals surface area (Å²) < 4.78 is 58.8. The molecule has 1 atom stereocenters. The molecule has 68 heavy (non-hydrogen) atoms. The van der Waals surface area contributed by atoms with Crippen LogP contribution < -0.4 is 26.6 Å². The Morgan fingerprint density at radius 2 is 1.22 bits per heavy atom. The van der Waals surface area contributed by atoms with Crippen LogP contribution in [-0.2, 0) is 38.1 Å². The summed E-state index contributed by atoms with van der Waals surface area (Å²) >= 11 is 4.45. The number of nitrogens with zero attached hydrogens (tertiary/aromatic N) is 2. The van der Waals surface area contributed by atoms with Crippen molar-refractivity contribution in [2.45, 2.75) is 71.9 Å². The molecular weight excluding hydrogens is 937 g/mol. The second-order valence-corrected chi connectivity index (χ2v) is 21.7. The number of hydrogen-bond donors (Lipinski definition) is 0. The molecule has 10 nitrogen and oxygen atoms in total. The van der Waals surface area contributed by atoms with Crippen molar-refractivity contribution < 1.29 is 64.7 Å². The Hall–Kier alpha value is -4.73. The van der Waals surface area contributed by atoms with Crippen molar-refractivity contribution in [3.63, 3.8) is 0 Å². The Balaban J connectivity index is 0.000000192. The largest absolute Gasteiger partial charge is 1.00 e. The topological polar surface area (TPSA) is 95.8 Å². The molecular formula is C54H63Cl2N2O8P2+. The number of benzene rings is 6. The van der Waals surface area contributed by atoms with Crippen molar-refractivity contribution in [1.29, 1.82) is 0 Å². The molecule has 0 saturated heterocycles. The Morgan fingerprint density at radius 3 is 1.84 bits per heavy atom. The molecule has 0 fully saturated rings. The average molecular weight is 1000 g/mol. The third kappa shape index (κ3) is 10.3. The standard InChI is InChI=1S/C27H31NO4P.C23H21NO.C4H11ClO3P.ClH/c1-6-30-33(29,31-7-2)32-25-18-16-20-12-8-9-13-21(20)22(25)17-19-26-27(3,4)23-14-10-11-15-24(23)28(26)5;1-22(2)19-10-6-7-11-20(19)24(3)23(22)15-14-18-17-9-5-4-8-16(17)12-13-21(18)25-23;1-3-7-9(5,6)8-4-2;/h8-19H,6-7H2,1-5H3;4-15H,1-3H3;5H,3-4H2,1-2H3;1H/q+1;;+1;/p-1/b19-17+;;;. The zero-order valence-corrected chi connectivity index (χ0v) is 43.9. The van der Waals surface area contributed by atoms with Crippen molar-refractivity contribution >= 4 is 65.6 Å². The first-order valence-electron chi connectivity index (χ1n) is 22.8. The van der Waals surface area contributed by atoms with Crippen molar-refractivity contribution in [3.05, 3.63) is 156 Å². The number of fused-ring (bicyclic) bond motifs is 6. The van der Waals surface area contributed by atoms with Gasteiger partial charge in [-0.25, -0.2) is 4.57 Å². The SMILES string of the molecule is CCOP(=O)(OCC)Oc1ccc2ccccc2c1/C=C/C1=[N+](C)c2ccccc2C1(C)C.CCOP(=O)([ClH+])OCC.CN1c2ccccc2C(C)(C)C12C=Cc1c(ccc3ccccc13)O2.[Cl-]. The number of likely N-dealkylation sites (N-methyl/N-ethyl adjacent to an activating group) is 1. The Bertz CT molecular complexity index is 2950. The lowest BCUT2D eigenvalue weighted by Gasteiger charge is -2.46. The number of hydrogen-bond acceptors (Lipinski definition) is 9. The fourth-order valence-electron chi connectivity index (χ4n) is 9.41. The van der Waals surface area contributed by atoms with Crippen molar-refractivity contribution in [2.24, 2.45) is 0 Å². The molecule has 0 bridgehead atoms. The van der Waals surface area contributed by atoms with Gasteiger partial charge in [-0.3, -0.25) is 18.1 Å². The maximum absolute atomic E-state index is 13.1. The molecule has 14 heteroatoms. The van der Waals surface area contributed by atoms with Crippen molar-refractivity contribution in [3.8, 4) is 11.5 Å². The predicted molar refractivity (Wildman–Crippen MR) is 271 cm³/mol. The molecule has 360 valence electrons. The number of anilines is 1. The maximum Gasteiger partial charge on any atom is 0.614 e. The minimum Gasteiger partial charge on any atom is -1.00 e. The van der Waals surface area contributed by atoms with Crippen LogP contribution in [0.5, 0.6) is 11.5 Å². The average Bonchev–Trinajstić information content (AvgIpc) is 3.60. The fourth-order valence-corrected chi connectivity index (χ4v) is 12.0. The lowest BCUT2D eigenvalue weighted by atomic mass is 9.76. The molecule has 0 N–H and O–H groups in total. The summed E-state index contributed by atoms with van der Waals surface area (Å²) in [6.45, 7) is 14.0. The van der Waals surface area contributed by atoms with Gasteiger partial charge in [0.05, 0.1) is 37.3 Å². The molecule has 3 aliphatic rings. The highest BCUT2D eigenvalue weighted by molar-refractivity contribution is 7.49. The molecule has 1 unspecified atom stereocenters. The van der Waals surface area contributed by atoms with E-state index in [2.05, 4.69) is 181 Å². The van der Waals surface area contributed by atoms with Gasteiger partial charge in [0.2, 0.25) is 22.7 Å². The first-order valence-corrected chi connectivity index (χ1v) is 26.8. The van der Waals surface area contributed by atoms with Gasteiger partial charge in [-0.1, -0.05) is 97.1 Å². The minimum absolute atomic E-state index is 0. The van der Waals surface area contributed by atoms with Crippen LogP contribution in [0, 0.1) is 11.2 Å². The minimum atomic E-state index is -3.73. The molecule has 0 radical (unpaired) electrons. The second kappa shape index (κ2) is 21.5. The van der Waals surface area contributed by atoms with Crippen LogP contribution in [-0.4, -0.2) is 56.5 Å². The number of halogens is 2. The molecule has 0 aromatic heterocycles. The summed E-state index contributed by atoms with van der Waals surface area (Å²) in [4.78, 5) is 2.27. The van der Waals surface area contributed by atoms with Crippen LogP contribution in [0.15, 0.2) is 133 Å². The number of rotatable bonds is 12. The highest BCUT2D eigenvalue weighted by atomic mass is 35.7. The van der Waals surface area contributed by atoms with E-state index in [1.807, 2.05) is 36.4 Å². The van der Waals surface area contributed by atoms with Gasteiger partial charge < -0.3 is 26.6 Å². The van der Waals surface area contributed by atoms with Crippen LogP contribution in [0.3, 0.4) is 0 Å². The van der Waals surface area contributed by atoms with Crippen molar-refractivity contribution in [2.75, 3.05) is 45.4 Å². The number of allylic oxidation sites excluding steroid dienone is 1. The third-order valence-electron chi connectivity index (χ3n) is 12.6. The number of ether oxygens (including phenoxy) is 1. The van der Waals surface area contributed by atoms with Crippen LogP contribution in [0.1, 0.15) is 77.6 Å². The Morgan fingerprint density at radius 1 is 0.676 bits per heavy atom. The molecule has 3 aliphatic heterocycles. The zero-order chi connectivity index (χ0) is 48.2. The molecule has 3 heterocycles. The maximum atomic E-state index is 13.1. The summed E-state index contributed by atoms with van der Waals surface area (Å²) in [5.74, 6) is 1.42. The van der Waals surface area contributed by atoms with E-state index in [0.717, 1.165) is 22.1 Å². The summed E-state index contributed by atoms with van der Waals surface area (Å²) in [6.07, 6.45) is 8.65. The van der Waals surface area contributed by atoms with Crippen LogP contribution >= 0.6 is 14.8 Å². The van der Waals surface area contributed by atoms with Crippen LogP contribution in [0.25, 0.3) is 33.7 Å². The van der Waals surface area contributed by atoms with Gasteiger partial charge in [-0.05, 0) is 119 Å².